The molecule has 0 radical (unpaired) electrons. The number of anilines is 1. The second-order valence-electron chi connectivity index (χ2n) is 6.47. The van der Waals surface area contributed by atoms with Crippen LogP contribution in [0.5, 0.6) is 0 Å². The first-order valence-corrected chi connectivity index (χ1v) is 6.99. The molecule has 1 atom stereocenters. The number of carbonyl (C=O) groups is 2. The van der Waals surface area contributed by atoms with Crippen LogP contribution in [-0.2, 0) is 4.79 Å². The summed E-state index contributed by atoms with van der Waals surface area (Å²) in [5.74, 6) is -1.47. The molecule has 5 nitrogen and oxygen atoms in total. The molecule has 0 spiro atoms. The summed E-state index contributed by atoms with van der Waals surface area (Å²) in [5, 5.41) is 11.9. The second kappa shape index (κ2) is 6.72. The zero-order chi connectivity index (χ0) is 16.2. The average molecular weight is 292 g/mol. The van der Waals surface area contributed by atoms with E-state index in [1.165, 1.54) is 6.07 Å². The van der Waals surface area contributed by atoms with E-state index >= 15 is 0 Å². The standard InChI is InChI=1S/C16H24N2O3/c1-10-12(15(20)21)6-5-7-13(10)18-14(19)11(9-17)8-16(2,3)4/h5-7,11H,8-9,17H2,1-4H3,(H,18,19)(H,20,21). The fraction of sp³-hybridized carbons (Fsp3) is 0.500. The molecule has 21 heavy (non-hydrogen) atoms. The Morgan fingerprint density at radius 2 is 1.95 bits per heavy atom. The van der Waals surface area contributed by atoms with Gasteiger partial charge in [0.15, 0.2) is 0 Å². The van der Waals surface area contributed by atoms with E-state index in [9.17, 15) is 9.59 Å². The monoisotopic (exact) mass is 292 g/mol. The molecule has 0 saturated carbocycles. The van der Waals surface area contributed by atoms with Crippen LogP contribution in [0.2, 0.25) is 0 Å². The van der Waals surface area contributed by atoms with Crippen molar-refractivity contribution in [2.45, 2.75) is 34.1 Å². The summed E-state index contributed by atoms with van der Waals surface area (Å²) >= 11 is 0. The molecule has 116 valence electrons. The van der Waals surface area contributed by atoms with E-state index in [1.54, 1.807) is 19.1 Å². The molecule has 0 heterocycles. The Morgan fingerprint density at radius 1 is 1.33 bits per heavy atom. The minimum absolute atomic E-state index is 0.000661. The Hall–Kier alpha value is -1.88. The lowest BCUT2D eigenvalue weighted by Gasteiger charge is -2.24. The molecule has 0 saturated heterocycles. The summed E-state index contributed by atoms with van der Waals surface area (Å²) < 4.78 is 0. The first kappa shape index (κ1) is 17.2. The molecule has 1 rings (SSSR count). The van der Waals surface area contributed by atoms with Gasteiger partial charge >= 0.3 is 5.97 Å². The lowest BCUT2D eigenvalue weighted by Crippen LogP contribution is -2.32. The number of nitrogens with one attached hydrogen (secondary N) is 1. The molecule has 0 aliphatic rings. The van der Waals surface area contributed by atoms with Gasteiger partial charge in [0.1, 0.15) is 0 Å². The summed E-state index contributed by atoms with van der Waals surface area (Å²) in [5.41, 5.74) is 6.95. The number of amides is 1. The van der Waals surface area contributed by atoms with Gasteiger partial charge in [-0.05, 0) is 36.5 Å². The lowest BCUT2D eigenvalue weighted by atomic mass is 9.84. The van der Waals surface area contributed by atoms with Crippen LogP contribution in [0.3, 0.4) is 0 Å². The molecule has 0 aliphatic heterocycles. The van der Waals surface area contributed by atoms with E-state index in [2.05, 4.69) is 26.1 Å². The van der Waals surface area contributed by atoms with Crippen molar-refractivity contribution in [1.29, 1.82) is 0 Å². The van der Waals surface area contributed by atoms with E-state index in [1.807, 2.05) is 0 Å². The highest BCUT2D eigenvalue weighted by molar-refractivity contribution is 5.97. The van der Waals surface area contributed by atoms with Gasteiger partial charge in [-0.1, -0.05) is 26.8 Å². The summed E-state index contributed by atoms with van der Waals surface area (Å²) in [7, 11) is 0. The second-order valence-corrected chi connectivity index (χ2v) is 6.47. The van der Waals surface area contributed by atoms with Crippen LogP contribution in [0.25, 0.3) is 0 Å². The SMILES string of the molecule is Cc1c(NC(=O)C(CN)CC(C)(C)C)cccc1C(=O)O. The van der Waals surface area contributed by atoms with Gasteiger partial charge in [-0.15, -0.1) is 0 Å². The number of rotatable bonds is 5. The minimum Gasteiger partial charge on any atom is -0.478 e. The third kappa shape index (κ3) is 4.86. The highest BCUT2D eigenvalue weighted by Gasteiger charge is 2.24. The number of nitrogens with two attached hydrogens (primary N) is 1. The normalized spacial score (nSPS) is 12.8. The van der Waals surface area contributed by atoms with Crippen LogP contribution in [-0.4, -0.2) is 23.5 Å². The number of aromatic carboxylic acids is 1. The van der Waals surface area contributed by atoms with E-state index in [0.29, 0.717) is 17.7 Å². The van der Waals surface area contributed by atoms with E-state index in [0.717, 1.165) is 0 Å². The number of benzene rings is 1. The molecular formula is C16H24N2O3. The van der Waals surface area contributed by atoms with Crippen LogP contribution in [0.15, 0.2) is 18.2 Å². The molecule has 0 aromatic heterocycles. The maximum Gasteiger partial charge on any atom is 0.336 e. The van der Waals surface area contributed by atoms with Crippen LogP contribution in [0.1, 0.15) is 43.1 Å². The van der Waals surface area contributed by atoms with Gasteiger partial charge in [-0.25, -0.2) is 4.79 Å². The number of hydrogen-bond acceptors (Lipinski definition) is 3. The average Bonchev–Trinajstić information content (AvgIpc) is 2.36. The predicted molar refractivity (Wildman–Crippen MR) is 83.4 cm³/mol. The third-order valence-electron chi connectivity index (χ3n) is 3.34. The minimum atomic E-state index is -1.01. The number of hydrogen-bond donors (Lipinski definition) is 3. The van der Waals surface area contributed by atoms with Crippen LogP contribution >= 0.6 is 0 Å². The Bertz CT molecular complexity index is 533. The van der Waals surface area contributed by atoms with Crippen LogP contribution < -0.4 is 11.1 Å². The summed E-state index contributed by atoms with van der Waals surface area (Å²) in [6, 6.07) is 4.83. The third-order valence-corrected chi connectivity index (χ3v) is 3.34. The fourth-order valence-corrected chi connectivity index (χ4v) is 2.26. The fourth-order valence-electron chi connectivity index (χ4n) is 2.26. The number of carbonyl (C=O) groups excluding carboxylic acids is 1. The Labute approximate surface area is 125 Å². The zero-order valence-corrected chi connectivity index (χ0v) is 13.1. The van der Waals surface area contributed by atoms with Crippen molar-refractivity contribution in [3.63, 3.8) is 0 Å². The molecule has 5 heteroatoms. The number of carboxylic acids is 1. The van der Waals surface area contributed by atoms with E-state index in [4.69, 9.17) is 10.8 Å². The number of carboxylic acid groups (broad SMARTS) is 1. The quantitative estimate of drug-likeness (QED) is 0.778. The van der Waals surface area contributed by atoms with Gasteiger partial charge < -0.3 is 16.2 Å². The maximum absolute atomic E-state index is 12.3. The van der Waals surface area contributed by atoms with Crippen LogP contribution in [0, 0.1) is 18.3 Å². The molecule has 4 N–H and O–H groups in total. The van der Waals surface area contributed by atoms with Gasteiger partial charge in [0, 0.05) is 12.2 Å². The highest BCUT2D eigenvalue weighted by Crippen LogP contribution is 2.26. The van der Waals surface area contributed by atoms with Gasteiger partial charge in [0.2, 0.25) is 5.91 Å². The Morgan fingerprint density at radius 3 is 2.43 bits per heavy atom. The van der Waals surface area contributed by atoms with Crippen molar-refractivity contribution in [2.24, 2.45) is 17.1 Å². The summed E-state index contributed by atoms with van der Waals surface area (Å²) in [6.07, 6.45) is 0.674. The molecular weight excluding hydrogens is 268 g/mol. The van der Waals surface area contributed by atoms with Crippen molar-refractivity contribution in [1.82, 2.24) is 0 Å². The van der Waals surface area contributed by atoms with Crippen molar-refractivity contribution in [2.75, 3.05) is 11.9 Å². The lowest BCUT2D eigenvalue weighted by molar-refractivity contribution is -0.120. The first-order chi connectivity index (χ1) is 9.65. The van der Waals surface area contributed by atoms with Gasteiger partial charge in [-0.3, -0.25) is 4.79 Å². The van der Waals surface area contributed by atoms with Gasteiger partial charge in [0.05, 0.1) is 11.5 Å². The zero-order valence-electron chi connectivity index (χ0n) is 13.1. The van der Waals surface area contributed by atoms with E-state index in [-0.39, 0.29) is 29.3 Å². The molecule has 1 aromatic rings. The van der Waals surface area contributed by atoms with Crippen molar-refractivity contribution < 1.29 is 14.7 Å². The van der Waals surface area contributed by atoms with E-state index < -0.39 is 5.97 Å². The summed E-state index contributed by atoms with van der Waals surface area (Å²) in [4.78, 5) is 23.4. The first-order valence-electron chi connectivity index (χ1n) is 6.99. The smallest absolute Gasteiger partial charge is 0.336 e. The summed E-state index contributed by atoms with van der Waals surface area (Å²) in [6.45, 7) is 8.11. The molecule has 1 aromatic carbocycles. The van der Waals surface area contributed by atoms with Crippen molar-refractivity contribution in [3.8, 4) is 0 Å². The largest absolute Gasteiger partial charge is 0.478 e. The van der Waals surface area contributed by atoms with Crippen molar-refractivity contribution >= 4 is 17.6 Å². The highest BCUT2D eigenvalue weighted by atomic mass is 16.4. The maximum atomic E-state index is 12.3. The molecule has 0 bridgehead atoms. The van der Waals surface area contributed by atoms with Crippen LogP contribution in [0.4, 0.5) is 5.69 Å². The van der Waals surface area contributed by atoms with Gasteiger partial charge in [0.25, 0.3) is 0 Å². The Kier molecular flexibility index (Phi) is 5.49. The Balaban J connectivity index is 2.92. The topological polar surface area (TPSA) is 92.4 Å². The molecule has 0 fully saturated rings. The molecule has 1 unspecified atom stereocenters. The van der Waals surface area contributed by atoms with Crippen molar-refractivity contribution in [3.05, 3.63) is 29.3 Å². The molecule has 0 aliphatic carbocycles. The predicted octanol–water partition coefficient (Wildman–Crippen LogP) is 2.64. The van der Waals surface area contributed by atoms with Gasteiger partial charge in [-0.2, -0.15) is 0 Å². The molecule has 1 amide bonds.